The molecule has 1 saturated heterocycles. The van der Waals surface area contributed by atoms with Gasteiger partial charge in [-0.1, -0.05) is 11.6 Å². The minimum Gasteiger partial charge on any atom is -0.476 e. The largest absolute Gasteiger partial charge is 0.476 e. The number of piperidine rings is 1. The van der Waals surface area contributed by atoms with Gasteiger partial charge >= 0.3 is 5.97 Å². The number of hydrogen-bond donors (Lipinski definition) is 2. The van der Waals surface area contributed by atoms with Crippen molar-refractivity contribution in [3.05, 3.63) is 17.5 Å². The van der Waals surface area contributed by atoms with E-state index in [1.165, 1.54) is 18.9 Å². The van der Waals surface area contributed by atoms with Crippen LogP contribution in [0.5, 0.6) is 0 Å². The lowest BCUT2D eigenvalue weighted by Crippen LogP contribution is -2.37. The molecule has 94 valence electrons. The van der Waals surface area contributed by atoms with E-state index >= 15 is 0 Å². The van der Waals surface area contributed by atoms with Gasteiger partial charge in [0.1, 0.15) is 6.61 Å². The van der Waals surface area contributed by atoms with E-state index < -0.39 is 5.97 Å². The number of rotatable bonds is 5. The molecular weight excluding hydrogens is 224 g/mol. The highest BCUT2D eigenvalue weighted by Gasteiger charge is 2.14. The van der Waals surface area contributed by atoms with Gasteiger partial charge in [0.05, 0.1) is 6.61 Å². The molecule has 6 nitrogen and oxygen atoms in total. The summed E-state index contributed by atoms with van der Waals surface area (Å²) in [7, 11) is 0. The van der Waals surface area contributed by atoms with Crippen LogP contribution in [-0.2, 0) is 11.3 Å². The Morgan fingerprint density at radius 1 is 1.65 bits per heavy atom. The molecule has 0 saturated carbocycles. The quantitative estimate of drug-likeness (QED) is 0.799. The van der Waals surface area contributed by atoms with Crippen molar-refractivity contribution in [2.24, 2.45) is 0 Å². The Hall–Kier alpha value is -1.40. The number of aromatic nitrogens is 1. The molecule has 2 rings (SSSR count). The van der Waals surface area contributed by atoms with E-state index in [0.717, 1.165) is 13.0 Å². The van der Waals surface area contributed by atoms with Crippen LogP contribution in [0.15, 0.2) is 10.6 Å². The number of carboxylic acid groups (broad SMARTS) is 1. The van der Waals surface area contributed by atoms with Gasteiger partial charge < -0.3 is 19.7 Å². The van der Waals surface area contributed by atoms with Gasteiger partial charge in [-0.05, 0) is 19.4 Å². The van der Waals surface area contributed by atoms with Gasteiger partial charge in [-0.15, -0.1) is 0 Å². The van der Waals surface area contributed by atoms with Crippen LogP contribution in [0.2, 0.25) is 0 Å². The molecule has 1 aliphatic rings. The van der Waals surface area contributed by atoms with Gasteiger partial charge in [-0.3, -0.25) is 0 Å². The molecule has 1 atom stereocenters. The molecule has 2 heterocycles. The van der Waals surface area contributed by atoms with Crippen LogP contribution < -0.4 is 5.32 Å². The van der Waals surface area contributed by atoms with Crippen molar-refractivity contribution in [1.82, 2.24) is 10.5 Å². The number of carbonyl (C=O) groups is 1. The molecule has 0 aromatic carbocycles. The molecule has 1 fully saturated rings. The van der Waals surface area contributed by atoms with Crippen molar-refractivity contribution in [3.63, 3.8) is 0 Å². The van der Waals surface area contributed by atoms with Crippen LogP contribution >= 0.6 is 0 Å². The highest BCUT2D eigenvalue weighted by Crippen LogP contribution is 2.09. The van der Waals surface area contributed by atoms with E-state index in [2.05, 4.69) is 10.5 Å². The van der Waals surface area contributed by atoms with Crippen molar-refractivity contribution in [1.29, 1.82) is 0 Å². The lowest BCUT2D eigenvalue weighted by atomic mass is 10.1. The van der Waals surface area contributed by atoms with Crippen LogP contribution in [0.25, 0.3) is 0 Å². The maximum absolute atomic E-state index is 10.6. The molecule has 0 spiro atoms. The van der Waals surface area contributed by atoms with E-state index in [-0.39, 0.29) is 12.3 Å². The fraction of sp³-hybridized carbons (Fsp3) is 0.636. The van der Waals surface area contributed by atoms with Crippen LogP contribution in [0.3, 0.4) is 0 Å². The smallest absolute Gasteiger partial charge is 0.358 e. The lowest BCUT2D eigenvalue weighted by molar-refractivity contribution is 0.0681. The van der Waals surface area contributed by atoms with Crippen molar-refractivity contribution in [3.8, 4) is 0 Å². The molecule has 0 aliphatic carbocycles. The predicted molar refractivity (Wildman–Crippen MR) is 58.8 cm³/mol. The van der Waals surface area contributed by atoms with Gasteiger partial charge in [0.2, 0.25) is 0 Å². The third kappa shape index (κ3) is 3.54. The molecule has 17 heavy (non-hydrogen) atoms. The fourth-order valence-corrected chi connectivity index (χ4v) is 1.85. The van der Waals surface area contributed by atoms with Crippen molar-refractivity contribution in [2.75, 3.05) is 13.2 Å². The van der Waals surface area contributed by atoms with Gasteiger partial charge in [-0.2, -0.15) is 0 Å². The Labute approximate surface area is 98.9 Å². The summed E-state index contributed by atoms with van der Waals surface area (Å²) in [4.78, 5) is 10.6. The average molecular weight is 240 g/mol. The molecule has 0 radical (unpaired) electrons. The van der Waals surface area contributed by atoms with Crippen LogP contribution in [-0.4, -0.2) is 35.4 Å². The minimum absolute atomic E-state index is 0.0839. The van der Waals surface area contributed by atoms with Gasteiger partial charge in [-0.25, -0.2) is 4.79 Å². The lowest BCUT2D eigenvalue weighted by Gasteiger charge is -2.22. The fourth-order valence-electron chi connectivity index (χ4n) is 1.85. The monoisotopic (exact) mass is 240 g/mol. The zero-order valence-corrected chi connectivity index (χ0v) is 9.52. The highest BCUT2D eigenvalue weighted by atomic mass is 16.5. The highest BCUT2D eigenvalue weighted by molar-refractivity contribution is 5.85. The summed E-state index contributed by atoms with van der Waals surface area (Å²) in [6.45, 7) is 1.92. The summed E-state index contributed by atoms with van der Waals surface area (Å²) in [5.74, 6) is -0.646. The molecule has 1 aromatic rings. The second kappa shape index (κ2) is 5.79. The topological polar surface area (TPSA) is 84.6 Å². The summed E-state index contributed by atoms with van der Waals surface area (Å²) >= 11 is 0. The van der Waals surface area contributed by atoms with Gasteiger partial charge in [0.25, 0.3) is 0 Å². The first kappa shape index (κ1) is 12.1. The first-order valence-corrected chi connectivity index (χ1v) is 5.76. The summed E-state index contributed by atoms with van der Waals surface area (Å²) in [5, 5.41) is 15.4. The average Bonchev–Trinajstić information content (AvgIpc) is 2.79. The Morgan fingerprint density at radius 2 is 2.53 bits per heavy atom. The molecule has 0 amide bonds. The van der Waals surface area contributed by atoms with E-state index in [1.54, 1.807) is 0 Å². The number of ether oxygens (including phenoxy) is 1. The molecule has 1 aromatic heterocycles. The molecule has 2 N–H and O–H groups in total. The minimum atomic E-state index is -1.09. The molecule has 0 bridgehead atoms. The Balaban J connectivity index is 1.71. The van der Waals surface area contributed by atoms with Gasteiger partial charge in [0.15, 0.2) is 11.5 Å². The number of aromatic carboxylic acids is 1. The third-order valence-electron chi connectivity index (χ3n) is 2.75. The summed E-state index contributed by atoms with van der Waals surface area (Å²) in [6.07, 6.45) is 3.57. The van der Waals surface area contributed by atoms with E-state index in [4.69, 9.17) is 14.4 Å². The zero-order chi connectivity index (χ0) is 12.1. The Bertz CT molecular complexity index is 371. The van der Waals surface area contributed by atoms with E-state index in [1.807, 2.05) is 0 Å². The maximum atomic E-state index is 10.6. The normalized spacial score (nSPS) is 20.4. The van der Waals surface area contributed by atoms with Crippen molar-refractivity contribution < 1.29 is 19.2 Å². The third-order valence-corrected chi connectivity index (χ3v) is 2.75. The first-order valence-electron chi connectivity index (χ1n) is 5.76. The standard InChI is InChI=1S/C11H16N2O4/c14-11(15)10-5-9(17-13-10)7-16-6-8-3-1-2-4-12-8/h5,8,12H,1-4,6-7H2,(H,14,15). The summed E-state index contributed by atoms with van der Waals surface area (Å²) < 4.78 is 10.3. The van der Waals surface area contributed by atoms with Crippen molar-refractivity contribution in [2.45, 2.75) is 31.9 Å². The first-order chi connectivity index (χ1) is 8.25. The Kier molecular flexibility index (Phi) is 4.11. The van der Waals surface area contributed by atoms with E-state index in [0.29, 0.717) is 18.4 Å². The van der Waals surface area contributed by atoms with Crippen LogP contribution in [0.4, 0.5) is 0 Å². The second-order valence-corrected chi connectivity index (χ2v) is 4.15. The number of nitrogens with one attached hydrogen (secondary N) is 1. The summed E-state index contributed by atoms with van der Waals surface area (Å²) in [5.41, 5.74) is -0.0839. The molecule has 1 unspecified atom stereocenters. The number of hydrogen-bond acceptors (Lipinski definition) is 5. The zero-order valence-electron chi connectivity index (χ0n) is 9.52. The van der Waals surface area contributed by atoms with E-state index in [9.17, 15) is 4.79 Å². The predicted octanol–water partition coefficient (Wildman–Crippen LogP) is 1.03. The summed E-state index contributed by atoms with van der Waals surface area (Å²) in [6, 6.07) is 1.78. The molecular formula is C11H16N2O4. The van der Waals surface area contributed by atoms with Crippen molar-refractivity contribution >= 4 is 5.97 Å². The number of carboxylic acids is 1. The SMILES string of the molecule is O=C(O)c1cc(COCC2CCCCN2)on1. The Morgan fingerprint density at radius 3 is 3.18 bits per heavy atom. The molecule has 6 heteroatoms. The van der Waals surface area contributed by atoms with Crippen LogP contribution in [0, 0.1) is 0 Å². The number of nitrogens with zero attached hydrogens (tertiary/aromatic N) is 1. The molecule has 1 aliphatic heterocycles. The van der Waals surface area contributed by atoms with Crippen LogP contribution in [0.1, 0.15) is 35.5 Å². The maximum Gasteiger partial charge on any atom is 0.358 e. The second-order valence-electron chi connectivity index (χ2n) is 4.15. The van der Waals surface area contributed by atoms with Gasteiger partial charge in [0, 0.05) is 12.1 Å².